The van der Waals surface area contributed by atoms with Crippen LogP contribution in [0.3, 0.4) is 0 Å². The molecule has 0 aliphatic carbocycles. The zero-order valence-corrected chi connectivity index (χ0v) is 5.17. The highest BCUT2D eigenvalue weighted by molar-refractivity contribution is 5.62. The molecule has 0 bridgehead atoms. The van der Waals surface area contributed by atoms with Gasteiger partial charge in [0.2, 0.25) is 12.2 Å². The minimum absolute atomic E-state index is 0. The van der Waals surface area contributed by atoms with Crippen molar-refractivity contribution >= 4 is 18.1 Å². The third kappa shape index (κ3) is 409. The van der Waals surface area contributed by atoms with Crippen LogP contribution in [-0.4, -0.2) is 23.2 Å². The lowest BCUT2D eigenvalue weighted by molar-refractivity contribution is -0.134. The Bertz CT molecular complexity index is 130. The molecule has 0 atom stereocenters. The van der Waals surface area contributed by atoms with Gasteiger partial charge in [0.25, 0.3) is 5.97 Å². The summed E-state index contributed by atoms with van der Waals surface area (Å²) in [5.74, 6) is -0.833. The molecule has 0 rings (SSSR count). The van der Waals surface area contributed by atoms with Gasteiger partial charge in [-0.15, -0.1) is 0 Å². The van der Waals surface area contributed by atoms with E-state index in [4.69, 9.17) is 30.3 Å². The van der Waals surface area contributed by atoms with Gasteiger partial charge >= 0.3 is 0 Å². The average molecular weight is 226 g/mol. The summed E-state index contributed by atoms with van der Waals surface area (Å²) in [6.07, 6.45) is 1.50. The van der Waals surface area contributed by atoms with Crippen molar-refractivity contribution in [1.29, 1.82) is 10.8 Å². The highest BCUT2D eigenvalue weighted by atomic mass is 16.4. The maximum Gasteiger partial charge on any atom is 0.300 e. The van der Waals surface area contributed by atoms with Crippen LogP contribution < -0.4 is 0 Å². The van der Waals surface area contributed by atoms with Crippen molar-refractivity contribution in [3.05, 3.63) is 0 Å². The Hall–Kier alpha value is -1.77. The van der Waals surface area contributed by atoms with Gasteiger partial charge in [0.1, 0.15) is 0 Å². The lowest BCUT2D eigenvalue weighted by Gasteiger charge is -1.59. The van der Waals surface area contributed by atoms with E-state index in [2.05, 4.69) is 0 Å². The molecule has 96 valence electrons. The van der Waals surface area contributed by atoms with E-state index >= 15 is 0 Å². The van der Waals surface area contributed by atoms with Crippen molar-refractivity contribution in [3.8, 4) is 0 Å². The van der Waals surface area contributed by atoms with Crippen LogP contribution in [0.5, 0.6) is 0 Å². The first-order valence-electron chi connectivity index (χ1n) is 1.84. The van der Waals surface area contributed by atoms with Gasteiger partial charge in [-0.2, -0.15) is 0 Å². The van der Waals surface area contributed by atoms with Gasteiger partial charge in [0, 0.05) is 6.92 Å². The molecule has 0 aromatic heterocycles. The van der Waals surface area contributed by atoms with Crippen LogP contribution in [0.2, 0.25) is 0 Å². The Kier molecular flexibility index (Phi) is 713. The molecule has 0 aliphatic rings. The minimum Gasteiger partial charge on any atom is -0.481 e. The van der Waals surface area contributed by atoms with Crippen LogP contribution in [0.4, 0.5) is 0 Å². The van der Waals surface area contributed by atoms with Gasteiger partial charge in [-0.1, -0.05) is 37.1 Å². The quantitative estimate of drug-likeness (QED) is 0.434. The number of carbonyl (C=O) groups excluding carboxylic acids is 2. The second-order valence-corrected chi connectivity index (χ2v) is 0.723. The molecule has 6 nitrogen and oxygen atoms in total. The Morgan fingerprint density at radius 1 is 0.933 bits per heavy atom. The van der Waals surface area contributed by atoms with E-state index in [1.165, 1.54) is 0 Å². The van der Waals surface area contributed by atoms with E-state index in [1.807, 2.05) is 0 Å². The fourth-order valence-electron chi connectivity index (χ4n) is 0. The number of rotatable bonds is 0. The van der Waals surface area contributed by atoms with Gasteiger partial charge in [-0.05, 0) is 0 Å². The molecule has 0 aliphatic heterocycles. The van der Waals surface area contributed by atoms with Crippen LogP contribution in [0, 0.1) is 10.8 Å². The Morgan fingerprint density at radius 3 is 0.933 bits per heavy atom. The maximum atomic E-state index is 9.00. The Morgan fingerprint density at radius 2 is 0.933 bits per heavy atom. The first-order valence-corrected chi connectivity index (χ1v) is 1.84. The van der Waals surface area contributed by atoms with Gasteiger partial charge in [0.05, 0.1) is 0 Å². The topological polar surface area (TPSA) is 119 Å². The molecule has 0 saturated carbocycles. The number of hydrogen-bond acceptors (Lipinski definition) is 5. The minimum atomic E-state index is -0.833. The third-order valence-corrected chi connectivity index (χ3v) is 0. The smallest absolute Gasteiger partial charge is 0.300 e. The zero-order valence-electron chi connectivity index (χ0n) is 5.17. The van der Waals surface area contributed by atoms with Crippen LogP contribution >= 0.6 is 0 Å². The summed E-state index contributed by atoms with van der Waals surface area (Å²) in [6.45, 7) is 1.08. The Balaban J connectivity index is -0.00000000707. The first kappa shape index (κ1) is 72.3. The normalized spacial score (nSPS) is 2.73. The van der Waals surface area contributed by atoms with E-state index in [1.54, 1.807) is 0 Å². The van der Waals surface area contributed by atoms with Crippen molar-refractivity contribution < 1.29 is 19.5 Å². The highest BCUT2D eigenvalue weighted by Gasteiger charge is 1.65. The molecule has 0 unspecified atom stereocenters. The number of carboxylic acid groups (broad SMARTS) is 1. The molecule has 0 radical (unpaired) electrons. The number of nitrogens with one attached hydrogen (secondary N) is 2. The van der Waals surface area contributed by atoms with Crippen LogP contribution in [0.1, 0.15) is 44.1 Å². The van der Waals surface area contributed by atoms with E-state index in [9.17, 15) is 0 Å². The van der Waals surface area contributed by atoms with Crippen LogP contribution in [0.15, 0.2) is 0 Å². The third-order valence-electron chi connectivity index (χ3n) is 0. The zero-order chi connectivity index (χ0) is 8.99. The standard InChI is InChI=1S/C2H4O2.2CHNO.5CH4/c1-2(3)4;2*2-1-3;;;;;/h1H3,(H,3,4);2*2H;5*1H4. The van der Waals surface area contributed by atoms with Gasteiger partial charge in [-0.3, -0.25) is 4.79 Å². The van der Waals surface area contributed by atoms with Crippen LogP contribution in [0.25, 0.3) is 0 Å². The molecule has 15 heavy (non-hydrogen) atoms. The molecular weight excluding hydrogens is 200 g/mol. The summed E-state index contributed by atoms with van der Waals surface area (Å²) in [5, 5.41) is 18.2. The number of hydrogen-bond donors (Lipinski definition) is 3. The summed E-state index contributed by atoms with van der Waals surface area (Å²) in [5.41, 5.74) is 0. The highest BCUT2D eigenvalue weighted by Crippen LogP contribution is 1.42. The predicted molar refractivity (Wildman–Crippen MR) is 63.8 cm³/mol. The molecule has 0 saturated heterocycles. The monoisotopic (exact) mass is 226 g/mol. The lowest BCUT2D eigenvalue weighted by Crippen LogP contribution is -1.78. The molecular formula is C9H26N2O4. The largest absolute Gasteiger partial charge is 0.481 e. The summed E-state index contributed by atoms with van der Waals surface area (Å²) in [7, 11) is 0. The SMILES string of the molecule is C.C.C.C.C.CC(=O)O.N=C=O.N=C=O. The molecule has 6 heteroatoms. The molecule has 0 spiro atoms. The summed E-state index contributed by atoms with van der Waals surface area (Å²) < 4.78 is 0. The van der Waals surface area contributed by atoms with E-state index < -0.39 is 5.97 Å². The number of aliphatic carboxylic acids is 1. The second-order valence-electron chi connectivity index (χ2n) is 0.723. The van der Waals surface area contributed by atoms with Crippen molar-refractivity contribution in [1.82, 2.24) is 0 Å². The van der Waals surface area contributed by atoms with Crippen molar-refractivity contribution in [2.24, 2.45) is 0 Å². The lowest BCUT2D eigenvalue weighted by atomic mass is 10.9. The van der Waals surface area contributed by atoms with E-state index in [0.29, 0.717) is 0 Å². The predicted octanol–water partition coefficient (Wildman–Crippen LogP) is 3.07. The van der Waals surface area contributed by atoms with Crippen molar-refractivity contribution in [3.63, 3.8) is 0 Å². The van der Waals surface area contributed by atoms with Crippen LogP contribution in [-0.2, 0) is 14.4 Å². The molecule has 0 aromatic rings. The van der Waals surface area contributed by atoms with Gasteiger partial charge in [0.15, 0.2) is 0 Å². The number of carbonyl (C=O) groups is 1. The van der Waals surface area contributed by atoms with Gasteiger partial charge in [-0.25, -0.2) is 20.4 Å². The van der Waals surface area contributed by atoms with E-state index in [-0.39, 0.29) is 37.1 Å². The fourth-order valence-corrected chi connectivity index (χ4v) is 0. The number of carboxylic acids is 1. The fraction of sp³-hybridized carbons (Fsp3) is 0.667. The molecule has 0 amide bonds. The second kappa shape index (κ2) is 148. The molecule has 3 N–H and O–H groups in total. The van der Waals surface area contributed by atoms with Gasteiger partial charge < -0.3 is 5.11 Å². The maximum absolute atomic E-state index is 9.00. The summed E-state index contributed by atoms with van der Waals surface area (Å²) in [4.78, 5) is 25.7. The first-order chi connectivity index (χ1) is 4.56. The summed E-state index contributed by atoms with van der Waals surface area (Å²) >= 11 is 0. The summed E-state index contributed by atoms with van der Waals surface area (Å²) in [6, 6.07) is 0. The molecule has 0 aromatic carbocycles. The Labute approximate surface area is 93.3 Å². The molecule has 0 heterocycles. The van der Waals surface area contributed by atoms with E-state index in [0.717, 1.165) is 19.1 Å². The number of isocyanates is 2. The van der Waals surface area contributed by atoms with Crippen molar-refractivity contribution in [2.75, 3.05) is 0 Å². The average Bonchev–Trinajstić information content (AvgIpc) is 1.65. The van der Waals surface area contributed by atoms with Crippen molar-refractivity contribution in [2.45, 2.75) is 44.1 Å². The molecule has 0 fully saturated rings.